The van der Waals surface area contributed by atoms with Crippen LogP contribution in [0.2, 0.25) is 0 Å². The zero-order chi connectivity index (χ0) is 15.5. The first-order chi connectivity index (χ1) is 9.99. The molecule has 122 valence electrons. The van der Waals surface area contributed by atoms with Gasteiger partial charge in [-0.2, -0.15) is 0 Å². The minimum atomic E-state index is -3.10. The number of hydrogen-bond donors (Lipinski definition) is 0. The molecule has 0 aromatic carbocycles. The van der Waals surface area contributed by atoms with E-state index in [1.807, 2.05) is 0 Å². The summed E-state index contributed by atoms with van der Waals surface area (Å²) in [5.74, 6) is 0.422. The van der Waals surface area contributed by atoms with Gasteiger partial charge < -0.3 is 4.90 Å². The fourth-order valence-corrected chi connectivity index (χ4v) is 4.65. The van der Waals surface area contributed by atoms with Crippen LogP contribution in [0, 0.1) is 5.92 Å². The molecule has 0 N–H and O–H groups in total. The van der Waals surface area contributed by atoms with E-state index in [9.17, 15) is 13.2 Å². The predicted octanol–water partition coefficient (Wildman–Crippen LogP) is 1.84. The maximum absolute atomic E-state index is 12.7. The molecule has 0 aromatic heterocycles. The Hall–Kier alpha value is -0.620. The molecule has 1 atom stereocenters. The van der Waals surface area contributed by atoms with Gasteiger partial charge in [0.1, 0.15) is 0 Å². The molecule has 2 saturated heterocycles. The van der Waals surface area contributed by atoms with Crippen LogP contribution in [0.4, 0.5) is 0 Å². The summed E-state index contributed by atoms with van der Waals surface area (Å²) in [5.41, 5.74) is 0. The van der Waals surface area contributed by atoms with Crippen LogP contribution in [0.25, 0.3) is 0 Å². The fourth-order valence-electron chi connectivity index (χ4n) is 3.51. The van der Waals surface area contributed by atoms with Crippen molar-refractivity contribution in [3.63, 3.8) is 0 Å². The molecule has 0 bridgehead atoms. The Morgan fingerprint density at radius 3 is 2.29 bits per heavy atom. The van der Waals surface area contributed by atoms with E-state index >= 15 is 0 Å². The number of piperidine rings is 2. The Bertz CT molecular complexity index is 456. The second-order valence-corrected chi connectivity index (χ2v) is 8.42. The van der Waals surface area contributed by atoms with Crippen molar-refractivity contribution in [2.24, 2.45) is 5.92 Å². The minimum absolute atomic E-state index is 0.0143. The standard InChI is InChI=1S/C15H28N2O3S/c1-3-14-7-5-6-10-17(14)15(18)13-8-11-16(12-9-13)21(19,20)4-2/h13-14H,3-12H2,1-2H3. The molecule has 2 heterocycles. The zero-order valence-electron chi connectivity index (χ0n) is 13.3. The van der Waals surface area contributed by atoms with Gasteiger partial charge in [0.15, 0.2) is 0 Å². The van der Waals surface area contributed by atoms with Crippen LogP contribution >= 0.6 is 0 Å². The van der Waals surface area contributed by atoms with Gasteiger partial charge in [-0.15, -0.1) is 0 Å². The van der Waals surface area contributed by atoms with Crippen molar-refractivity contribution >= 4 is 15.9 Å². The van der Waals surface area contributed by atoms with Crippen LogP contribution in [0.15, 0.2) is 0 Å². The first-order valence-electron chi connectivity index (χ1n) is 8.28. The molecular formula is C15H28N2O3S. The van der Waals surface area contributed by atoms with Crippen molar-refractivity contribution < 1.29 is 13.2 Å². The van der Waals surface area contributed by atoms with Gasteiger partial charge in [0.05, 0.1) is 5.75 Å². The smallest absolute Gasteiger partial charge is 0.226 e. The SMILES string of the molecule is CCC1CCCCN1C(=O)C1CCN(S(=O)(=O)CC)CC1. The molecule has 0 aliphatic carbocycles. The second-order valence-electron chi connectivity index (χ2n) is 6.16. The van der Waals surface area contributed by atoms with E-state index in [2.05, 4.69) is 11.8 Å². The van der Waals surface area contributed by atoms with Gasteiger partial charge in [-0.1, -0.05) is 6.92 Å². The normalized spacial score (nSPS) is 26.0. The highest BCUT2D eigenvalue weighted by Gasteiger charge is 2.34. The Morgan fingerprint density at radius 1 is 1.05 bits per heavy atom. The maximum Gasteiger partial charge on any atom is 0.226 e. The summed E-state index contributed by atoms with van der Waals surface area (Å²) in [4.78, 5) is 14.8. The molecule has 2 rings (SSSR count). The molecule has 0 saturated carbocycles. The van der Waals surface area contributed by atoms with Crippen LogP contribution in [0.5, 0.6) is 0 Å². The molecule has 0 aromatic rings. The quantitative estimate of drug-likeness (QED) is 0.795. The van der Waals surface area contributed by atoms with Crippen molar-refractivity contribution in [3.8, 4) is 0 Å². The van der Waals surface area contributed by atoms with Crippen molar-refractivity contribution in [3.05, 3.63) is 0 Å². The molecule has 2 aliphatic rings. The zero-order valence-corrected chi connectivity index (χ0v) is 14.1. The molecule has 2 aliphatic heterocycles. The predicted molar refractivity (Wildman–Crippen MR) is 83.4 cm³/mol. The number of sulfonamides is 1. The molecule has 5 nitrogen and oxygen atoms in total. The van der Waals surface area contributed by atoms with Crippen LogP contribution in [0.1, 0.15) is 52.4 Å². The summed E-state index contributed by atoms with van der Waals surface area (Å²) in [6.07, 6.45) is 5.80. The lowest BCUT2D eigenvalue weighted by Crippen LogP contribution is -2.49. The first kappa shape index (κ1) is 16.7. The van der Waals surface area contributed by atoms with Crippen molar-refractivity contribution in [2.75, 3.05) is 25.4 Å². The molecule has 6 heteroatoms. The highest BCUT2D eigenvalue weighted by atomic mass is 32.2. The number of rotatable bonds is 4. The van der Waals surface area contributed by atoms with E-state index in [0.717, 1.165) is 25.8 Å². The van der Waals surface area contributed by atoms with Gasteiger partial charge in [0.25, 0.3) is 0 Å². The molecule has 0 spiro atoms. The number of carbonyl (C=O) groups is 1. The van der Waals surface area contributed by atoms with Gasteiger partial charge in [-0.25, -0.2) is 12.7 Å². The molecular weight excluding hydrogens is 288 g/mol. The lowest BCUT2D eigenvalue weighted by molar-refractivity contribution is -0.140. The average molecular weight is 316 g/mol. The second kappa shape index (κ2) is 7.09. The van der Waals surface area contributed by atoms with Crippen molar-refractivity contribution in [1.82, 2.24) is 9.21 Å². The van der Waals surface area contributed by atoms with E-state index in [-0.39, 0.29) is 17.6 Å². The lowest BCUT2D eigenvalue weighted by Gasteiger charge is -2.39. The highest BCUT2D eigenvalue weighted by Crippen LogP contribution is 2.26. The summed E-state index contributed by atoms with van der Waals surface area (Å²) >= 11 is 0. The maximum atomic E-state index is 12.7. The van der Waals surface area contributed by atoms with E-state index in [0.29, 0.717) is 32.0 Å². The number of amides is 1. The number of hydrogen-bond acceptors (Lipinski definition) is 3. The molecule has 0 radical (unpaired) electrons. The molecule has 21 heavy (non-hydrogen) atoms. The Kier molecular flexibility index (Phi) is 5.66. The van der Waals surface area contributed by atoms with E-state index in [1.165, 1.54) is 6.42 Å². The summed E-state index contributed by atoms with van der Waals surface area (Å²) in [5, 5.41) is 0. The third-order valence-electron chi connectivity index (χ3n) is 4.94. The van der Waals surface area contributed by atoms with Gasteiger partial charge in [-0.3, -0.25) is 4.79 Å². The lowest BCUT2D eigenvalue weighted by atomic mass is 9.92. The van der Waals surface area contributed by atoms with Gasteiger partial charge in [0.2, 0.25) is 15.9 Å². The number of carbonyl (C=O) groups excluding carboxylic acids is 1. The Morgan fingerprint density at radius 2 is 1.71 bits per heavy atom. The summed E-state index contributed by atoms with van der Waals surface area (Å²) in [6, 6.07) is 0.392. The third kappa shape index (κ3) is 3.77. The molecule has 2 fully saturated rings. The highest BCUT2D eigenvalue weighted by molar-refractivity contribution is 7.89. The topological polar surface area (TPSA) is 57.7 Å². The van der Waals surface area contributed by atoms with E-state index < -0.39 is 10.0 Å². The minimum Gasteiger partial charge on any atom is -0.339 e. The molecule has 1 unspecified atom stereocenters. The monoisotopic (exact) mass is 316 g/mol. The summed E-state index contributed by atoms with van der Waals surface area (Å²) < 4.78 is 25.3. The van der Waals surface area contributed by atoms with Gasteiger partial charge in [-0.05, 0) is 45.4 Å². The van der Waals surface area contributed by atoms with Crippen LogP contribution in [0.3, 0.4) is 0 Å². The van der Waals surface area contributed by atoms with E-state index in [4.69, 9.17) is 0 Å². The van der Waals surface area contributed by atoms with E-state index in [1.54, 1.807) is 11.2 Å². The summed E-state index contributed by atoms with van der Waals surface area (Å²) in [7, 11) is -3.10. The average Bonchev–Trinajstić information content (AvgIpc) is 2.54. The summed E-state index contributed by atoms with van der Waals surface area (Å²) in [6.45, 7) is 5.69. The van der Waals surface area contributed by atoms with Crippen molar-refractivity contribution in [2.45, 2.75) is 58.4 Å². The number of nitrogens with zero attached hydrogens (tertiary/aromatic N) is 2. The Labute approximate surface area is 128 Å². The van der Waals surface area contributed by atoms with Gasteiger partial charge >= 0.3 is 0 Å². The van der Waals surface area contributed by atoms with Crippen molar-refractivity contribution in [1.29, 1.82) is 0 Å². The van der Waals surface area contributed by atoms with Crippen LogP contribution < -0.4 is 0 Å². The third-order valence-corrected chi connectivity index (χ3v) is 6.82. The Balaban J connectivity index is 1.94. The number of likely N-dealkylation sites (tertiary alicyclic amines) is 1. The largest absolute Gasteiger partial charge is 0.339 e. The molecule has 1 amide bonds. The first-order valence-corrected chi connectivity index (χ1v) is 9.88. The fraction of sp³-hybridized carbons (Fsp3) is 0.933. The van der Waals surface area contributed by atoms with Crippen LogP contribution in [-0.4, -0.2) is 55.0 Å². The van der Waals surface area contributed by atoms with Crippen LogP contribution in [-0.2, 0) is 14.8 Å². The van der Waals surface area contributed by atoms with Gasteiger partial charge in [0, 0.05) is 31.6 Å².